The second kappa shape index (κ2) is 6.09. The predicted octanol–water partition coefficient (Wildman–Crippen LogP) is 0.597. The molecule has 1 aliphatic rings. The molecule has 6 nitrogen and oxygen atoms in total. The average molecular weight is 301 g/mol. The topological polar surface area (TPSA) is 76.1 Å². The highest BCUT2D eigenvalue weighted by atomic mass is 32.2. The molecule has 20 heavy (non-hydrogen) atoms. The van der Waals surface area contributed by atoms with Crippen molar-refractivity contribution in [1.29, 1.82) is 0 Å². The molecule has 0 amide bonds. The number of aliphatic hydroxyl groups excluding tert-OH is 1. The van der Waals surface area contributed by atoms with E-state index in [9.17, 15) is 13.5 Å². The molecule has 2 rings (SSSR count). The summed E-state index contributed by atoms with van der Waals surface area (Å²) in [5.74, 6) is 0.279. The normalized spacial score (nSPS) is 20.9. The molecule has 1 N–H and O–H groups in total. The minimum Gasteiger partial charge on any atom is -0.495 e. The van der Waals surface area contributed by atoms with Crippen LogP contribution in [0.1, 0.15) is 12.5 Å². The summed E-state index contributed by atoms with van der Waals surface area (Å²) in [5.41, 5.74) is 0.533. The lowest BCUT2D eigenvalue weighted by molar-refractivity contribution is 0.0392. The Kier molecular flexibility index (Phi) is 4.64. The van der Waals surface area contributed by atoms with E-state index in [0.29, 0.717) is 25.3 Å². The lowest BCUT2D eigenvalue weighted by atomic mass is 10.2. The number of morpholine rings is 1. The second-order valence-electron chi connectivity index (χ2n) is 4.68. The maximum absolute atomic E-state index is 12.8. The molecule has 1 heterocycles. The maximum atomic E-state index is 12.8. The summed E-state index contributed by atoms with van der Waals surface area (Å²) in [4.78, 5) is 0.0836. The van der Waals surface area contributed by atoms with E-state index >= 15 is 0 Å². The summed E-state index contributed by atoms with van der Waals surface area (Å²) in [6.07, 6.45) is 0. The molecular weight excluding hydrogens is 282 g/mol. The number of aliphatic hydroxyl groups is 1. The molecule has 7 heteroatoms. The number of benzene rings is 1. The Hall–Kier alpha value is -1.15. The van der Waals surface area contributed by atoms with Crippen LogP contribution >= 0.6 is 0 Å². The van der Waals surface area contributed by atoms with Crippen molar-refractivity contribution in [3.8, 4) is 5.75 Å². The first-order valence-electron chi connectivity index (χ1n) is 6.38. The minimum absolute atomic E-state index is 0.0836. The highest BCUT2D eigenvalue weighted by molar-refractivity contribution is 7.89. The number of hydrogen-bond donors (Lipinski definition) is 1. The third-order valence-electron chi connectivity index (χ3n) is 3.30. The fourth-order valence-electron chi connectivity index (χ4n) is 2.22. The summed E-state index contributed by atoms with van der Waals surface area (Å²) >= 11 is 0. The quantitative estimate of drug-likeness (QED) is 0.881. The monoisotopic (exact) mass is 301 g/mol. The van der Waals surface area contributed by atoms with E-state index in [0.717, 1.165) is 0 Å². The molecule has 0 aliphatic carbocycles. The van der Waals surface area contributed by atoms with Crippen LogP contribution in [0, 0.1) is 0 Å². The Morgan fingerprint density at radius 2 is 2.25 bits per heavy atom. The van der Waals surface area contributed by atoms with Crippen LogP contribution in [-0.2, 0) is 21.4 Å². The minimum atomic E-state index is -3.67. The molecule has 0 bridgehead atoms. The smallest absolute Gasteiger partial charge is 0.247 e. The van der Waals surface area contributed by atoms with Gasteiger partial charge in [-0.05, 0) is 24.6 Å². The number of rotatable bonds is 4. The van der Waals surface area contributed by atoms with Gasteiger partial charge in [-0.1, -0.05) is 6.07 Å². The van der Waals surface area contributed by atoms with Crippen LogP contribution < -0.4 is 4.74 Å². The van der Waals surface area contributed by atoms with Crippen molar-refractivity contribution >= 4 is 10.0 Å². The zero-order valence-electron chi connectivity index (χ0n) is 11.6. The molecule has 0 aromatic heterocycles. The zero-order valence-corrected chi connectivity index (χ0v) is 12.4. The van der Waals surface area contributed by atoms with Crippen molar-refractivity contribution in [2.24, 2.45) is 0 Å². The molecule has 0 spiro atoms. The number of nitrogens with zero attached hydrogens (tertiary/aromatic N) is 1. The van der Waals surface area contributed by atoms with Crippen LogP contribution in [0.3, 0.4) is 0 Å². The van der Waals surface area contributed by atoms with Crippen LogP contribution in [0.5, 0.6) is 5.75 Å². The van der Waals surface area contributed by atoms with E-state index in [2.05, 4.69) is 0 Å². The third-order valence-corrected chi connectivity index (χ3v) is 5.34. The van der Waals surface area contributed by atoms with Gasteiger partial charge in [0, 0.05) is 12.6 Å². The molecule has 0 saturated carbocycles. The van der Waals surface area contributed by atoms with E-state index < -0.39 is 10.0 Å². The van der Waals surface area contributed by atoms with E-state index in [1.165, 1.54) is 17.5 Å². The van der Waals surface area contributed by atoms with Crippen LogP contribution in [0.25, 0.3) is 0 Å². The van der Waals surface area contributed by atoms with Crippen LogP contribution in [0.4, 0.5) is 0 Å². The Bertz CT molecular complexity index is 572. The highest BCUT2D eigenvalue weighted by Crippen LogP contribution is 2.29. The molecule has 1 saturated heterocycles. The molecule has 112 valence electrons. The van der Waals surface area contributed by atoms with E-state index in [1.807, 2.05) is 0 Å². The van der Waals surface area contributed by atoms with Crippen LogP contribution in [-0.4, -0.2) is 50.7 Å². The van der Waals surface area contributed by atoms with Crippen molar-refractivity contribution in [2.75, 3.05) is 26.9 Å². The Morgan fingerprint density at radius 3 is 2.85 bits per heavy atom. The van der Waals surface area contributed by atoms with Gasteiger partial charge in [0.05, 0.1) is 26.9 Å². The van der Waals surface area contributed by atoms with Gasteiger partial charge in [-0.3, -0.25) is 0 Å². The Morgan fingerprint density at radius 1 is 1.50 bits per heavy atom. The van der Waals surface area contributed by atoms with Gasteiger partial charge in [0.2, 0.25) is 10.0 Å². The van der Waals surface area contributed by atoms with E-state index in [1.54, 1.807) is 19.1 Å². The largest absolute Gasteiger partial charge is 0.495 e. The molecule has 0 radical (unpaired) electrons. The number of ether oxygens (including phenoxy) is 2. The average Bonchev–Trinajstić information content (AvgIpc) is 2.46. The predicted molar refractivity (Wildman–Crippen MR) is 73.1 cm³/mol. The molecule has 1 atom stereocenters. The second-order valence-corrected chi connectivity index (χ2v) is 6.54. The number of hydrogen-bond acceptors (Lipinski definition) is 5. The van der Waals surface area contributed by atoms with Gasteiger partial charge in [0.1, 0.15) is 10.6 Å². The van der Waals surface area contributed by atoms with Gasteiger partial charge >= 0.3 is 0 Å². The fraction of sp³-hybridized carbons (Fsp3) is 0.538. The number of methoxy groups -OCH3 is 1. The molecular formula is C13H19NO5S. The van der Waals surface area contributed by atoms with Gasteiger partial charge in [-0.25, -0.2) is 8.42 Å². The Balaban J connectivity index is 2.47. The van der Waals surface area contributed by atoms with Gasteiger partial charge in [0.25, 0.3) is 0 Å². The maximum Gasteiger partial charge on any atom is 0.247 e. The summed E-state index contributed by atoms with van der Waals surface area (Å²) in [7, 11) is -2.24. The first kappa shape index (κ1) is 15.2. The highest BCUT2D eigenvalue weighted by Gasteiger charge is 2.33. The molecule has 1 unspecified atom stereocenters. The van der Waals surface area contributed by atoms with Gasteiger partial charge in [-0.2, -0.15) is 4.31 Å². The van der Waals surface area contributed by atoms with Gasteiger partial charge in [0.15, 0.2) is 0 Å². The molecule has 1 aromatic carbocycles. The lowest BCUT2D eigenvalue weighted by Crippen LogP contribution is -2.47. The standard InChI is InChI=1S/C13H19NO5S/c1-10-9-19-6-5-14(10)20(16,17)13-7-11(8-15)3-4-12(13)18-2/h3-4,7,10,15H,5-6,8-9H2,1-2H3. The van der Waals surface area contributed by atoms with Gasteiger partial charge < -0.3 is 14.6 Å². The third kappa shape index (κ3) is 2.80. The van der Waals surface area contributed by atoms with Crippen LogP contribution in [0.2, 0.25) is 0 Å². The van der Waals surface area contributed by atoms with Crippen molar-refractivity contribution in [3.63, 3.8) is 0 Å². The zero-order chi connectivity index (χ0) is 14.8. The van der Waals surface area contributed by atoms with Crippen molar-refractivity contribution in [2.45, 2.75) is 24.5 Å². The summed E-state index contributed by atoms with van der Waals surface area (Å²) in [6, 6.07) is 4.43. The van der Waals surface area contributed by atoms with Crippen molar-refractivity contribution in [1.82, 2.24) is 4.31 Å². The molecule has 1 aliphatic heterocycles. The summed E-state index contributed by atoms with van der Waals surface area (Å²) < 4.78 is 37.3. The van der Waals surface area contributed by atoms with E-state index in [-0.39, 0.29) is 23.3 Å². The van der Waals surface area contributed by atoms with Crippen molar-refractivity contribution < 1.29 is 23.0 Å². The summed E-state index contributed by atoms with van der Waals surface area (Å²) in [5, 5.41) is 9.18. The molecule has 1 fully saturated rings. The number of sulfonamides is 1. The lowest BCUT2D eigenvalue weighted by Gasteiger charge is -2.32. The van der Waals surface area contributed by atoms with Crippen LogP contribution in [0.15, 0.2) is 23.1 Å². The summed E-state index contributed by atoms with van der Waals surface area (Å²) in [6.45, 7) is 2.66. The first-order chi connectivity index (χ1) is 9.50. The van der Waals surface area contributed by atoms with Crippen molar-refractivity contribution in [3.05, 3.63) is 23.8 Å². The SMILES string of the molecule is COc1ccc(CO)cc1S(=O)(=O)N1CCOCC1C. The van der Waals surface area contributed by atoms with Gasteiger partial charge in [-0.15, -0.1) is 0 Å². The van der Waals surface area contributed by atoms with E-state index in [4.69, 9.17) is 9.47 Å². The molecule has 1 aromatic rings. The Labute approximate surface area is 119 Å². The fourth-order valence-corrected chi connectivity index (χ4v) is 4.02. The first-order valence-corrected chi connectivity index (χ1v) is 7.82.